The zero-order chi connectivity index (χ0) is 14.0. The topological polar surface area (TPSA) is 91.4 Å². The van der Waals surface area contributed by atoms with Crippen molar-refractivity contribution in [2.45, 2.75) is 12.5 Å². The minimum atomic E-state index is -1.20. The van der Waals surface area contributed by atoms with E-state index in [-0.39, 0.29) is 13.2 Å². The number of nitrogen functional groups attached to an aromatic ring is 1. The molecular weight excluding hydrogens is 310 g/mol. The van der Waals surface area contributed by atoms with Crippen LogP contribution in [0.2, 0.25) is 0 Å². The highest BCUT2D eigenvalue weighted by atomic mass is 79.9. The monoisotopic (exact) mass is 325 g/mol. The molecule has 0 amide bonds. The number of hydrogen-bond donors (Lipinski definition) is 4. The molecule has 2 aromatic rings. The number of nitrogens with zero attached hydrogens (tertiary/aromatic N) is 1. The molecule has 0 aliphatic heterocycles. The number of nitrogens with one attached hydrogen (secondary N) is 1. The molecule has 6 heteroatoms. The van der Waals surface area contributed by atoms with Crippen LogP contribution in [0.15, 0.2) is 28.9 Å². The van der Waals surface area contributed by atoms with E-state index in [4.69, 9.17) is 10.8 Å². The van der Waals surface area contributed by atoms with Crippen LogP contribution < -0.4 is 11.1 Å². The zero-order valence-corrected chi connectivity index (χ0v) is 12.1. The average Bonchev–Trinajstić information content (AvgIpc) is 2.37. The summed E-state index contributed by atoms with van der Waals surface area (Å²) >= 11 is 3.41. The van der Waals surface area contributed by atoms with Crippen molar-refractivity contribution in [1.29, 1.82) is 0 Å². The fourth-order valence-electron chi connectivity index (χ4n) is 1.71. The van der Waals surface area contributed by atoms with Crippen molar-refractivity contribution >= 4 is 38.2 Å². The van der Waals surface area contributed by atoms with Crippen molar-refractivity contribution < 1.29 is 10.2 Å². The average molecular weight is 326 g/mol. The lowest BCUT2D eigenvalue weighted by molar-refractivity contribution is 0.0132. The molecule has 1 atom stereocenters. The second-order valence-electron chi connectivity index (χ2n) is 4.76. The highest BCUT2D eigenvalue weighted by Gasteiger charge is 2.19. The Bertz CT molecular complexity index is 596. The first kappa shape index (κ1) is 14.0. The van der Waals surface area contributed by atoms with Crippen molar-refractivity contribution in [3.05, 3.63) is 28.9 Å². The van der Waals surface area contributed by atoms with Gasteiger partial charge >= 0.3 is 0 Å². The van der Waals surface area contributed by atoms with Gasteiger partial charge in [-0.15, -0.1) is 0 Å². The lowest BCUT2D eigenvalue weighted by Crippen LogP contribution is -2.37. The molecule has 2 rings (SSSR count). The summed E-state index contributed by atoms with van der Waals surface area (Å²) in [5, 5.41) is 22.8. The van der Waals surface area contributed by atoms with Gasteiger partial charge in [0.15, 0.2) is 0 Å². The van der Waals surface area contributed by atoms with Crippen LogP contribution in [0.3, 0.4) is 0 Å². The number of nitrogens with two attached hydrogens (primary N) is 1. The molecule has 1 unspecified atom stereocenters. The molecule has 5 N–H and O–H groups in total. The molecule has 0 aliphatic rings. The van der Waals surface area contributed by atoms with Crippen LogP contribution in [0.4, 0.5) is 11.4 Å². The second-order valence-corrected chi connectivity index (χ2v) is 5.67. The van der Waals surface area contributed by atoms with E-state index < -0.39 is 5.60 Å². The number of hydrogen-bond acceptors (Lipinski definition) is 5. The van der Waals surface area contributed by atoms with Gasteiger partial charge in [0.05, 0.1) is 29.7 Å². The minimum Gasteiger partial charge on any atom is -0.396 e. The van der Waals surface area contributed by atoms with Crippen LogP contribution in [0.25, 0.3) is 10.9 Å². The maximum Gasteiger partial charge on any atom is 0.102 e. The Morgan fingerprint density at radius 1 is 1.47 bits per heavy atom. The SMILES string of the molecule is CC(O)(CO)CNc1c(N)cnc2ccc(Br)cc12. The number of aliphatic hydroxyl groups excluding tert-OH is 1. The largest absolute Gasteiger partial charge is 0.396 e. The summed E-state index contributed by atoms with van der Waals surface area (Å²) in [7, 11) is 0. The molecule has 0 aliphatic carbocycles. The molecule has 5 nitrogen and oxygen atoms in total. The fraction of sp³-hybridized carbons (Fsp3) is 0.308. The molecule has 0 saturated carbocycles. The normalized spacial score (nSPS) is 14.3. The van der Waals surface area contributed by atoms with Crippen molar-refractivity contribution in [2.75, 3.05) is 24.2 Å². The third kappa shape index (κ3) is 3.15. The van der Waals surface area contributed by atoms with Crippen LogP contribution in [0, 0.1) is 0 Å². The summed E-state index contributed by atoms with van der Waals surface area (Å²) < 4.78 is 0.921. The molecule has 0 saturated heterocycles. The zero-order valence-electron chi connectivity index (χ0n) is 10.5. The van der Waals surface area contributed by atoms with Gasteiger partial charge in [0.1, 0.15) is 5.60 Å². The molecule has 1 aromatic carbocycles. The van der Waals surface area contributed by atoms with Gasteiger partial charge in [0.25, 0.3) is 0 Å². The Morgan fingerprint density at radius 3 is 2.89 bits per heavy atom. The number of aliphatic hydroxyl groups is 2. The third-order valence-electron chi connectivity index (χ3n) is 2.85. The molecule has 0 bridgehead atoms. The second kappa shape index (κ2) is 5.32. The number of benzene rings is 1. The van der Waals surface area contributed by atoms with Gasteiger partial charge < -0.3 is 21.3 Å². The maximum atomic E-state index is 9.82. The molecule has 102 valence electrons. The van der Waals surface area contributed by atoms with Crippen LogP contribution in [0.5, 0.6) is 0 Å². The summed E-state index contributed by atoms with van der Waals surface area (Å²) in [5.74, 6) is 0. The van der Waals surface area contributed by atoms with Crippen molar-refractivity contribution in [2.24, 2.45) is 0 Å². The Hall–Kier alpha value is -1.37. The Kier molecular flexibility index (Phi) is 3.93. The Morgan fingerprint density at radius 2 is 2.21 bits per heavy atom. The van der Waals surface area contributed by atoms with Gasteiger partial charge in [0.2, 0.25) is 0 Å². The highest BCUT2D eigenvalue weighted by Crippen LogP contribution is 2.30. The first-order valence-electron chi connectivity index (χ1n) is 5.84. The summed E-state index contributed by atoms with van der Waals surface area (Å²) in [4.78, 5) is 4.25. The molecule has 0 radical (unpaired) electrons. The quantitative estimate of drug-likeness (QED) is 0.687. The van der Waals surface area contributed by atoms with E-state index in [2.05, 4.69) is 26.2 Å². The van der Waals surface area contributed by atoms with Gasteiger partial charge in [-0.25, -0.2) is 0 Å². The minimum absolute atomic E-state index is 0.194. The summed E-state index contributed by atoms with van der Waals surface area (Å²) in [6, 6.07) is 5.70. The molecule has 0 spiro atoms. The molecule has 1 heterocycles. The molecular formula is C13H16BrN3O2. The van der Waals surface area contributed by atoms with Crippen molar-refractivity contribution in [1.82, 2.24) is 4.98 Å². The van der Waals surface area contributed by atoms with Crippen LogP contribution in [0.1, 0.15) is 6.92 Å². The number of rotatable bonds is 4. The van der Waals surface area contributed by atoms with E-state index in [1.165, 1.54) is 0 Å². The third-order valence-corrected chi connectivity index (χ3v) is 3.34. The molecule has 19 heavy (non-hydrogen) atoms. The number of aromatic nitrogens is 1. The number of fused-ring (bicyclic) bond motifs is 1. The van der Waals surface area contributed by atoms with Crippen molar-refractivity contribution in [3.8, 4) is 0 Å². The highest BCUT2D eigenvalue weighted by molar-refractivity contribution is 9.10. The summed E-state index contributed by atoms with van der Waals surface area (Å²) in [5.41, 5.74) is 6.74. The van der Waals surface area contributed by atoms with E-state index in [0.29, 0.717) is 11.4 Å². The van der Waals surface area contributed by atoms with E-state index in [1.807, 2.05) is 18.2 Å². The van der Waals surface area contributed by atoms with Crippen LogP contribution >= 0.6 is 15.9 Å². The fourth-order valence-corrected chi connectivity index (χ4v) is 2.07. The first-order chi connectivity index (χ1) is 8.93. The lowest BCUT2D eigenvalue weighted by Gasteiger charge is -2.22. The predicted octanol–water partition coefficient (Wildman–Crippen LogP) is 1.73. The van der Waals surface area contributed by atoms with Crippen molar-refractivity contribution in [3.63, 3.8) is 0 Å². The van der Waals surface area contributed by atoms with E-state index in [1.54, 1.807) is 13.1 Å². The van der Waals surface area contributed by atoms with Gasteiger partial charge in [-0.2, -0.15) is 0 Å². The van der Waals surface area contributed by atoms with Gasteiger partial charge in [-0.3, -0.25) is 4.98 Å². The summed E-state index contributed by atoms with van der Waals surface area (Å²) in [6.45, 7) is 1.42. The van der Waals surface area contributed by atoms with E-state index >= 15 is 0 Å². The molecule has 1 aromatic heterocycles. The summed E-state index contributed by atoms with van der Waals surface area (Å²) in [6.07, 6.45) is 1.58. The lowest BCUT2D eigenvalue weighted by atomic mass is 10.1. The standard InChI is InChI=1S/C13H16BrN3O2/c1-13(19,7-18)6-17-12-9-4-8(14)2-3-11(9)16-5-10(12)15/h2-5,18-19H,6-7,15H2,1H3,(H,16,17). The smallest absolute Gasteiger partial charge is 0.102 e. The maximum absolute atomic E-state index is 9.82. The van der Waals surface area contributed by atoms with Crippen LogP contribution in [-0.2, 0) is 0 Å². The number of pyridine rings is 1. The van der Waals surface area contributed by atoms with Gasteiger partial charge in [-0.1, -0.05) is 15.9 Å². The predicted molar refractivity (Wildman–Crippen MR) is 80.1 cm³/mol. The Labute approximate surface area is 119 Å². The van der Waals surface area contributed by atoms with Crippen LogP contribution in [-0.4, -0.2) is 33.9 Å². The number of anilines is 2. The van der Waals surface area contributed by atoms with E-state index in [0.717, 1.165) is 15.4 Å². The van der Waals surface area contributed by atoms with Gasteiger partial charge in [0, 0.05) is 16.4 Å². The molecule has 0 fully saturated rings. The first-order valence-corrected chi connectivity index (χ1v) is 6.63. The Balaban J connectivity index is 2.41. The van der Waals surface area contributed by atoms with E-state index in [9.17, 15) is 5.11 Å². The number of halogens is 1. The van der Waals surface area contributed by atoms with Gasteiger partial charge in [-0.05, 0) is 25.1 Å².